The second kappa shape index (κ2) is 7.47. The molecule has 27 heavy (non-hydrogen) atoms. The van der Waals surface area contributed by atoms with Crippen molar-refractivity contribution in [2.24, 2.45) is 4.99 Å². The number of carbonyl (C=O) groups is 3. The number of ether oxygens (including phenoxy) is 2. The van der Waals surface area contributed by atoms with Crippen LogP contribution in [0.5, 0.6) is 0 Å². The number of aromatic nitrogens is 2. The molecule has 1 unspecified atom stereocenters. The summed E-state index contributed by atoms with van der Waals surface area (Å²) in [5, 5.41) is 0. The normalized spacial score (nSPS) is 18.5. The van der Waals surface area contributed by atoms with E-state index in [1.54, 1.807) is 25.6 Å². The molecule has 3 amide bonds. The molecule has 1 atom stereocenters. The number of aliphatic imine (C=N–C) groups is 1. The summed E-state index contributed by atoms with van der Waals surface area (Å²) in [4.78, 5) is 44.2. The van der Waals surface area contributed by atoms with Gasteiger partial charge < -0.3 is 9.47 Å². The summed E-state index contributed by atoms with van der Waals surface area (Å²) in [6.07, 6.45) is 1.81. The van der Waals surface area contributed by atoms with Gasteiger partial charge in [-0.15, -0.1) is 0 Å². The Morgan fingerprint density at radius 3 is 2.74 bits per heavy atom. The van der Waals surface area contributed by atoms with E-state index >= 15 is 0 Å². The van der Waals surface area contributed by atoms with E-state index in [4.69, 9.17) is 9.47 Å². The maximum Gasteiger partial charge on any atom is 0.402 e. The minimum absolute atomic E-state index is 0.0239. The number of hydrogen-bond donors (Lipinski definition) is 0. The Bertz CT molecular complexity index is 815. The third-order valence-corrected chi connectivity index (χ3v) is 4.69. The van der Waals surface area contributed by atoms with E-state index in [-0.39, 0.29) is 19.6 Å². The van der Waals surface area contributed by atoms with Crippen LogP contribution in [-0.2, 0) is 25.6 Å². The number of rotatable bonds is 7. The highest BCUT2D eigenvalue weighted by Gasteiger charge is 2.53. The van der Waals surface area contributed by atoms with Crippen LogP contribution in [0.25, 0.3) is 0 Å². The SMILES string of the molecule is CCOC(=O)CCN1C(=O)C2C(=Nc3n(CCOC)c(C)c[n+]32)N(C)C1=O. The molecule has 3 heterocycles. The number of urea groups is 1. The molecule has 1 aromatic heterocycles. The van der Waals surface area contributed by atoms with Crippen LogP contribution in [0, 0.1) is 6.92 Å². The Balaban J connectivity index is 1.88. The molecule has 1 saturated heterocycles. The first-order chi connectivity index (χ1) is 12.9. The van der Waals surface area contributed by atoms with E-state index in [9.17, 15) is 14.4 Å². The molecular weight excluding hydrogens is 354 g/mol. The highest BCUT2D eigenvalue weighted by molar-refractivity contribution is 6.19. The number of amidine groups is 1. The quantitative estimate of drug-likeness (QED) is 0.497. The molecule has 2 aliphatic rings. The molecule has 0 aromatic carbocycles. The Kier molecular flexibility index (Phi) is 5.26. The van der Waals surface area contributed by atoms with E-state index in [1.807, 2.05) is 17.7 Å². The first-order valence-electron chi connectivity index (χ1n) is 8.84. The van der Waals surface area contributed by atoms with Crippen LogP contribution in [-0.4, -0.2) is 72.0 Å². The molecule has 0 N–H and O–H groups in total. The molecule has 3 rings (SSSR count). The largest absolute Gasteiger partial charge is 0.466 e. The predicted octanol–water partition coefficient (Wildman–Crippen LogP) is 0.162. The standard InChI is InChI=1S/C17H24N5O5/c1-5-27-12(23)6-7-21-15(24)13-14(19(3)17(21)25)18-16-20(8-9-26-4)11(2)10-22(13)16/h10,13H,5-9H2,1-4H3/q+1. The monoisotopic (exact) mass is 378 g/mol. The molecular formula is C17H24N5O5+. The van der Waals surface area contributed by atoms with Crippen LogP contribution in [0.15, 0.2) is 11.2 Å². The zero-order valence-electron chi connectivity index (χ0n) is 16.0. The summed E-state index contributed by atoms with van der Waals surface area (Å²) >= 11 is 0. The first-order valence-corrected chi connectivity index (χ1v) is 8.84. The van der Waals surface area contributed by atoms with Gasteiger partial charge in [0.2, 0.25) is 11.9 Å². The van der Waals surface area contributed by atoms with Crippen LogP contribution in [0.1, 0.15) is 25.1 Å². The van der Waals surface area contributed by atoms with Gasteiger partial charge in [0, 0.05) is 20.7 Å². The minimum Gasteiger partial charge on any atom is -0.466 e. The fourth-order valence-corrected chi connectivity index (χ4v) is 3.33. The lowest BCUT2D eigenvalue weighted by molar-refractivity contribution is -0.677. The summed E-state index contributed by atoms with van der Waals surface area (Å²) in [6.45, 7) is 4.96. The summed E-state index contributed by atoms with van der Waals surface area (Å²) in [7, 11) is 3.20. The molecule has 0 spiro atoms. The van der Waals surface area contributed by atoms with Crippen LogP contribution in [0.2, 0.25) is 0 Å². The van der Waals surface area contributed by atoms with E-state index in [0.29, 0.717) is 24.9 Å². The number of methoxy groups -OCH3 is 1. The van der Waals surface area contributed by atoms with Crippen LogP contribution in [0.3, 0.4) is 0 Å². The van der Waals surface area contributed by atoms with Crippen molar-refractivity contribution < 1.29 is 28.4 Å². The van der Waals surface area contributed by atoms with Crippen LogP contribution < -0.4 is 4.57 Å². The fraction of sp³-hybridized carbons (Fsp3) is 0.588. The predicted molar refractivity (Wildman–Crippen MR) is 93.5 cm³/mol. The molecule has 0 saturated carbocycles. The summed E-state index contributed by atoms with van der Waals surface area (Å²) in [5.74, 6) is 0.152. The van der Waals surface area contributed by atoms with Crippen molar-refractivity contribution in [3.63, 3.8) is 0 Å². The lowest BCUT2D eigenvalue weighted by atomic mass is 10.1. The molecule has 0 bridgehead atoms. The number of imidazole rings is 1. The average molecular weight is 378 g/mol. The topological polar surface area (TPSA) is 97.3 Å². The van der Waals surface area contributed by atoms with Gasteiger partial charge in [0.25, 0.3) is 5.91 Å². The Morgan fingerprint density at radius 1 is 1.33 bits per heavy atom. The lowest BCUT2D eigenvalue weighted by Gasteiger charge is -2.32. The Hall–Kier alpha value is -2.75. The Morgan fingerprint density at radius 2 is 2.07 bits per heavy atom. The third kappa shape index (κ3) is 3.20. The van der Waals surface area contributed by atoms with Crippen molar-refractivity contribution in [2.45, 2.75) is 32.9 Å². The number of imide groups is 1. The lowest BCUT2D eigenvalue weighted by Crippen LogP contribution is -2.62. The summed E-state index contributed by atoms with van der Waals surface area (Å²) in [6, 6.07) is -1.21. The van der Waals surface area contributed by atoms with Gasteiger partial charge in [0.05, 0.1) is 26.2 Å². The van der Waals surface area contributed by atoms with E-state index in [0.717, 1.165) is 10.6 Å². The second-order valence-electron chi connectivity index (χ2n) is 6.38. The van der Waals surface area contributed by atoms with Gasteiger partial charge in [-0.3, -0.25) is 19.4 Å². The first kappa shape index (κ1) is 19.0. The number of fused-ring (bicyclic) bond motifs is 3. The van der Waals surface area contributed by atoms with E-state index in [2.05, 4.69) is 4.99 Å². The molecule has 1 fully saturated rings. The maximum absolute atomic E-state index is 13.0. The van der Waals surface area contributed by atoms with Gasteiger partial charge in [0.1, 0.15) is 11.9 Å². The molecule has 0 radical (unpaired) electrons. The van der Waals surface area contributed by atoms with Gasteiger partial charge in [-0.2, -0.15) is 0 Å². The van der Waals surface area contributed by atoms with Crippen molar-refractivity contribution in [1.82, 2.24) is 14.4 Å². The number of likely N-dealkylation sites (N-methyl/N-ethyl adjacent to an activating group) is 1. The van der Waals surface area contributed by atoms with Gasteiger partial charge in [0.15, 0.2) is 0 Å². The van der Waals surface area contributed by atoms with Crippen molar-refractivity contribution in [1.29, 1.82) is 0 Å². The summed E-state index contributed by atoms with van der Waals surface area (Å²) in [5.41, 5.74) is 0.940. The number of hydrogen-bond acceptors (Lipinski definition) is 6. The van der Waals surface area contributed by atoms with Crippen molar-refractivity contribution in [2.75, 3.05) is 33.9 Å². The maximum atomic E-state index is 13.0. The van der Waals surface area contributed by atoms with Gasteiger partial charge in [-0.25, -0.2) is 13.9 Å². The van der Waals surface area contributed by atoms with Crippen molar-refractivity contribution >= 4 is 29.7 Å². The molecule has 2 aliphatic heterocycles. The molecule has 1 aromatic rings. The smallest absolute Gasteiger partial charge is 0.402 e. The van der Waals surface area contributed by atoms with Gasteiger partial charge in [-0.1, -0.05) is 4.99 Å². The molecule has 146 valence electrons. The van der Waals surface area contributed by atoms with Crippen LogP contribution in [0.4, 0.5) is 10.7 Å². The molecule has 0 aliphatic carbocycles. The van der Waals surface area contributed by atoms with E-state index in [1.165, 1.54) is 4.90 Å². The van der Waals surface area contributed by atoms with E-state index < -0.39 is 23.9 Å². The highest BCUT2D eigenvalue weighted by Crippen LogP contribution is 2.29. The number of esters is 1. The molecule has 10 nitrogen and oxygen atoms in total. The van der Waals surface area contributed by atoms with Crippen LogP contribution >= 0.6 is 0 Å². The number of aryl methyl sites for hydroxylation is 1. The second-order valence-corrected chi connectivity index (χ2v) is 6.38. The average Bonchev–Trinajstić information content (AvgIpc) is 3.13. The Labute approximate surface area is 157 Å². The number of amides is 3. The number of carbonyl (C=O) groups excluding carboxylic acids is 3. The summed E-state index contributed by atoms with van der Waals surface area (Å²) < 4.78 is 13.7. The zero-order chi connectivity index (χ0) is 19.7. The van der Waals surface area contributed by atoms with Crippen molar-refractivity contribution in [3.8, 4) is 0 Å². The number of nitrogens with zero attached hydrogens (tertiary/aromatic N) is 5. The minimum atomic E-state index is -0.715. The van der Waals surface area contributed by atoms with Gasteiger partial charge >= 0.3 is 17.9 Å². The molecule has 10 heteroatoms. The van der Waals surface area contributed by atoms with Crippen molar-refractivity contribution in [3.05, 3.63) is 11.9 Å². The van der Waals surface area contributed by atoms with Gasteiger partial charge in [-0.05, 0) is 13.8 Å². The fourth-order valence-electron chi connectivity index (χ4n) is 3.33. The highest BCUT2D eigenvalue weighted by atomic mass is 16.5. The zero-order valence-corrected chi connectivity index (χ0v) is 16.0. The third-order valence-electron chi connectivity index (χ3n) is 4.69.